The van der Waals surface area contributed by atoms with E-state index in [0.717, 1.165) is 5.56 Å². The molecule has 0 aromatic carbocycles. The van der Waals surface area contributed by atoms with E-state index in [1.54, 1.807) is 49.4 Å². The van der Waals surface area contributed by atoms with Crippen molar-refractivity contribution in [2.45, 2.75) is 0 Å². The van der Waals surface area contributed by atoms with Crippen molar-refractivity contribution >= 4 is 29.6 Å². The number of aromatic nitrogens is 4. The molecule has 32 heavy (non-hydrogen) atoms. The number of nitrogens with one attached hydrogen (secondary N) is 2. The molecule has 11 heteroatoms. The number of hydrogen-bond acceptors (Lipinski definition) is 8. The summed E-state index contributed by atoms with van der Waals surface area (Å²) in [5.74, 6) is 0.535. The third-order valence-electron chi connectivity index (χ3n) is 4.57. The number of ether oxygens (including phenoxy) is 1. The fourth-order valence-corrected chi connectivity index (χ4v) is 2.89. The maximum absolute atomic E-state index is 12.7. The van der Waals surface area contributed by atoms with Crippen molar-refractivity contribution < 1.29 is 14.3 Å². The highest BCUT2D eigenvalue weighted by molar-refractivity contribution is 6.01. The smallest absolute Gasteiger partial charge is 0.328 e. The molecule has 2 N–H and O–H groups in total. The highest BCUT2D eigenvalue weighted by Gasteiger charge is 2.17. The van der Waals surface area contributed by atoms with Crippen LogP contribution in [0.2, 0.25) is 0 Å². The van der Waals surface area contributed by atoms with Gasteiger partial charge in [0.05, 0.1) is 24.1 Å². The molecule has 0 spiro atoms. The van der Waals surface area contributed by atoms with Crippen LogP contribution in [-0.2, 0) is 11.8 Å². The molecule has 0 bridgehead atoms. The zero-order valence-electron chi connectivity index (χ0n) is 17.9. The van der Waals surface area contributed by atoms with Crippen LogP contribution in [0.4, 0.5) is 22.1 Å². The fraction of sp³-hybridized carbons (Fsp3) is 0.238. The Kier molecular flexibility index (Phi) is 7.09. The average molecular weight is 434 g/mol. The van der Waals surface area contributed by atoms with Crippen LogP contribution in [0.3, 0.4) is 0 Å². The molecule has 0 aliphatic rings. The van der Waals surface area contributed by atoms with Crippen LogP contribution in [0.5, 0.6) is 0 Å². The van der Waals surface area contributed by atoms with Crippen molar-refractivity contribution in [1.82, 2.24) is 19.7 Å². The van der Waals surface area contributed by atoms with Crippen molar-refractivity contribution in [3.05, 3.63) is 48.0 Å². The summed E-state index contributed by atoms with van der Waals surface area (Å²) in [5, 5.41) is 19.1. The number of hydrogen-bond donors (Lipinski definition) is 2. The second-order valence-electron chi connectivity index (χ2n) is 6.76. The van der Waals surface area contributed by atoms with Gasteiger partial charge in [0.25, 0.3) is 0 Å². The maximum atomic E-state index is 12.7. The summed E-state index contributed by atoms with van der Waals surface area (Å²) in [6, 6.07) is 6.45. The SMILES string of the molecule is COCCNc1cc(NC(=O)N(C)c2ccc(-c3cnn(C)c3)c(C=O)n2)ncc1C#N. The van der Waals surface area contributed by atoms with E-state index in [0.29, 0.717) is 36.3 Å². The molecule has 0 saturated carbocycles. The number of pyridine rings is 2. The zero-order valence-corrected chi connectivity index (χ0v) is 17.9. The first-order valence-corrected chi connectivity index (χ1v) is 9.59. The number of aryl methyl sites for hydroxylation is 1. The number of carbonyl (C=O) groups excluding carboxylic acids is 2. The zero-order chi connectivity index (χ0) is 23.1. The average Bonchev–Trinajstić information content (AvgIpc) is 3.24. The molecule has 0 fully saturated rings. The molecule has 0 aliphatic heterocycles. The monoisotopic (exact) mass is 434 g/mol. The largest absolute Gasteiger partial charge is 0.383 e. The van der Waals surface area contributed by atoms with Crippen molar-refractivity contribution in [2.75, 3.05) is 42.8 Å². The first-order valence-electron chi connectivity index (χ1n) is 9.59. The third kappa shape index (κ3) is 5.05. The van der Waals surface area contributed by atoms with Gasteiger partial charge in [0.2, 0.25) is 0 Å². The number of methoxy groups -OCH3 is 1. The lowest BCUT2D eigenvalue weighted by Gasteiger charge is -2.18. The molecular formula is C21H22N8O3. The molecule has 0 aliphatic carbocycles. The summed E-state index contributed by atoms with van der Waals surface area (Å²) in [5.41, 5.74) is 2.42. The van der Waals surface area contributed by atoms with Crippen LogP contribution in [0.25, 0.3) is 11.1 Å². The van der Waals surface area contributed by atoms with Crippen molar-refractivity contribution in [3.8, 4) is 17.2 Å². The van der Waals surface area contributed by atoms with E-state index in [4.69, 9.17) is 4.74 Å². The first kappa shape index (κ1) is 22.4. The molecule has 164 valence electrons. The summed E-state index contributed by atoms with van der Waals surface area (Å²) in [7, 11) is 4.88. The predicted octanol–water partition coefficient (Wildman–Crippen LogP) is 2.29. The molecule has 3 aromatic rings. The van der Waals surface area contributed by atoms with Gasteiger partial charge >= 0.3 is 6.03 Å². The number of urea groups is 1. The van der Waals surface area contributed by atoms with Gasteiger partial charge in [-0.05, 0) is 12.1 Å². The van der Waals surface area contributed by atoms with Gasteiger partial charge in [-0.25, -0.2) is 14.8 Å². The predicted molar refractivity (Wildman–Crippen MR) is 119 cm³/mol. The first-order chi connectivity index (χ1) is 15.5. The van der Waals surface area contributed by atoms with E-state index in [9.17, 15) is 14.9 Å². The Bertz CT molecular complexity index is 1170. The molecule has 2 amide bonds. The van der Waals surface area contributed by atoms with Gasteiger partial charge < -0.3 is 10.1 Å². The van der Waals surface area contributed by atoms with Crippen LogP contribution < -0.4 is 15.5 Å². The number of anilines is 3. The van der Waals surface area contributed by atoms with E-state index >= 15 is 0 Å². The minimum Gasteiger partial charge on any atom is -0.383 e. The normalized spacial score (nSPS) is 10.3. The minimum absolute atomic E-state index is 0.191. The highest BCUT2D eigenvalue weighted by atomic mass is 16.5. The Balaban J connectivity index is 1.78. The molecule has 3 aromatic heterocycles. The number of nitrogens with zero attached hydrogens (tertiary/aromatic N) is 6. The van der Waals surface area contributed by atoms with E-state index in [-0.39, 0.29) is 17.3 Å². The van der Waals surface area contributed by atoms with Gasteiger partial charge in [-0.3, -0.25) is 19.7 Å². The van der Waals surface area contributed by atoms with Crippen LogP contribution in [0, 0.1) is 11.3 Å². The Labute approximate surface area is 184 Å². The second-order valence-corrected chi connectivity index (χ2v) is 6.76. The quantitative estimate of drug-likeness (QED) is 0.407. The van der Waals surface area contributed by atoms with Gasteiger partial charge in [0.15, 0.2) is 6.29 Å². The van der Waals surface area contributed by atoms with E-state index in [1.807, 2.05) is 6.07 Å². The van der Waals surface area contributed by atoms with Crippen LogP contribution in [-0.4, -0.2) is 59.4 Å². The number of carbonyl (C=O) groups is 2. The topological polar surface area (TPSA) is 138 Å². The molecule has 11 nitrogen and oxygen atoms in total. The molecule has 0 unspecified atom stereocenters. The molecule has 0 saturated heterocycles. The fourth-order valence-electron chi connectivity index (χ4n) is 2.89. The van der Waals surface area contributed by atoms with E-state index < -0.39 is 6.03 Å². The van der Waals surface area contributed by atoms with Crippen LogP contribution >= 0.6 is 0 Å². The Hall–Kier alpha value is -4.30. The van der Waals surface area contributed by atoms with Crippen LogP contribution in [0.1, 0.15) is 16.1 Å². The Morgan fingerprint density at radius 3 is 2.84 bits per heavy atom. The molecular weight excluding hydrogens is 412 g/mol. The second kappa shape index (κ2) is 10.1. The van der Waals surface area contributed by atoms with Crippen molar-refractivity contribution in [3.63, 3.8) is 0 Å². The van der Waals surface area contributed by atoms with Gasteiger partial charge in [-0.1, -0.05) is 0 Å². The number of nitriles is 1. The summed E-state index contributed by atoms with van der Waals surface area (Å²) in [4.78, 5) is 34.0. The van der Waals surface area contributed by atoms with Crippen molar-refractivity contribution in [2.24, 2.45) is 7.05 Å². The molecule has 0 radical (unpaired) electrons. The highest BCUT2D eigenvalue weighted by Crippen LogP contribution is 2.24. The Morgan fingerprint density at radius 1 is 1.38 bits per heavy atom. The summed E-state index contributed by atoms with van der Waals surface area (Å²) in [6.45, 7) is 0.946. The number of amides is 2. The van der Waals surface area contributed by atoms with Gasteiger partial charge in [0, 0.05) is 57.3 Å². The maximum Gasteiger partial charge on any atom is 0.328 e. The molecule has 3 heterocycles. The molecule has 0 atom stereocenters. The summed E-state index contributed by atoms with van der Waals surface area (Å²) < 4.78 is 6.62. The van der Waals surface area contributed by atoms with Crippen LogP contribution in [0.15, 0.2) is 36.8 Å². The van der Waals surface area contributed by atoms with Crippen molar-refractivity contribution in [1.29, 1.82) is 5.26 Å². The Morgan fingerprint density at radius 2 is 2.19 bits per heavy atom. The van der Waals surface area contributed by atoms with E-state index in [2.05, 4.69) is 25.7 Å². The summed E-state index contributed by atoms with van der Waals surface area (Å²) in [6.07, 6.45) is 5.41. The van der Waals surface area contributed by atoms with Gasteiger partial charge in [-0.15, -0.1) is 0 Å². The lowest BCUT2D eigenvalue weighted by Crippen LogP contribution is -2.32. The standard InChI is InChI=1S/C21H22N8O3/c1-28-12-15(11-25-28)16-4-5-20(26-18(16)13-30)29(2)21(31)27-19-8-17(23-6-7-32-3)14(9-22)10-24-19/h4-5,8,10-13H,6-7H2,1-3H3,(H2,23,24,27,31). The lowest BCUT2D eigenvalue weighted by molar-refractivity contribution is 0.111. The number of rotatable bonds is 8. The lowest BCUT2D eigenvalue weighted by atomic mass is 10.1. The van der Waals surface area contributed by atoms with Gasteiger partial charge in [0.1, 0.15) is 23.4 Å². The molecule has 3 rings (SSSR count). The number of aldehydes is 1. The van der Waals surface area contributed by atoms with Gasteiger partial charge in [-0.2, -0.15) is 10.4 Å². The summed E-state index contributed by atoms with van der Waals surface area (Å²) >= 11 is 0. The minimum atomic E-state index is -0.511. The third-order valence-corrected chi connectivity index (χ3v) is 4.57. The van der Waals surface area contributed by atoms with E-state index in [1.165, 1.54) is 18.1 Å².